The number of rotatable bonds is 2. The second-order valence-corrected chi connectivity index (χ2v) is 3.97. The average Bonchev–Trinajstić information content (AvgIpc) is 2.74. The number of aryl methyl sites for hydroxylation is 1. The first-order valence-corrected chi connectivity index (χ1v) is 4.79. The zero-order valence-corrected chi connectivity index (χ0v) is 8.47. The minimum atomic E-state index is -0.697. The third-order valence-corrected chi connectivity index (χ3v) is 2.82. The smallest absolute Gasteiger partial charge is 0.164 e. The van der Waals surface area contributed by atoms with Crippen LogP contribution in [0.2, 0.25) is 0 Å². The van der Waals surface area contributed by atoms with Crippen molar-refractivity contribution in [3.63, 3.8) is 0 Å². The van der Waals surface area contributed by atoms with E-state index in [9.17, 15) is 5.11 Å². The highest BCUT2D eigenvalue weighted by Gasteiger charge is 2.40. The lowest BCUT2D eigenvalue weighted by Gasteiger charge is -2.28. The van der Waals surface area contributed by atoms with E-state index in [-0.39, 0.29) is 0 Å². The molecule has 0 spiro atoms. The van der Waals surface area contributed by atoms with Crippen LogP contribution in [0.3, 0.4) is 0 Å². The van der Waals surface area contributed by atoms with Gasteiger partial charge >= 0.3 is 0 Å². The number of aliphatic hydroxyl groups is 1. The minimum Gasteiger partial charge on any atom is -0.382 e. The first-order valence-electron chi connectivity index (χ1n) is 4.79. The highest BCUT2D eigenvalue weighted by molar-refractivity contribution is 5.01. The second kappa shape index (κ2) is 3.33. The standard InChI is InChI=1S/C9H15N3O2/c1-9(4-3-5-14-9)7(13)8-11-10-6-12(8)2/h6-7,13H,3-5H2,1-2H3. The normalized spacial score (nSPS) is 29.4. The molecule has 2 rings (SSSR count). The van der Waals surface area contributed by atoms with Gasteiger partial charge in [-0.15, -0.1) is 10.2 Å². The maximum absolute atomic E-state index is 10.1. The quantitative estimate of drug-likeness (QED) is 0.746. The average molecular weight is 197 g/mol. The summed E-state index contributed by atoms with van der Waals surface area (Å²) in [6.45, 7) is 2.63. The van der Waals surface area contributed by atoms with Crippen LogP contribution in [0.5, 0.6) is 0 Å². The molecule has 78 valence electrons. The Morgan fingerprint density at radius 3 is 3.00 bits per heavy atom. The fraction of sp³-hybridized carbons (Fsp3) is 0.778. The topological polar surface area (TPSA) is 60.2 Å². The Morgan fingerprint density at radius 1 is 1.71 bits per heavy atom. The van der Waals surface area contributed by atoms with Crippen molar-refractivity contribution in [2.24, 2.45) is 7.05 Å². The van der Waals surface area contributed by atoms with Crippen LogP contribution in [0.15, 0.2) is 6.33 Å². The van der Waals surface area contributed by atoms with Gasteiger partial charge in [-0.05, 0) is 19.8 Å². The maximum Gasteiger partial charge on any atom is 0.164 e. The first kappa shape index (κ1) is 9.61. The number of ether oxygens (including phenoxy) is 1. The Morgan fingerprint density at radius 2 is 2.50 bits per heavy atom. The molecule has 14 heavy (non-hydrogen) atoms. The lowest BCUT2D eigenvalue weighted by atomic mass is 9.95. The van der Waals surface area contributed by atoms with Crippen molar-refractivity contribution in [2.45, 2.75) is 31.5 Å². The molecule has 0 amide bonds. The predicted molar refractivity (Wildman–Crippen MR) is 49.6 cm³/mol. The van der Waals surface area contributed by atoms with Crippen LogP contribution in [-0.2, 0) is 11.8 Å². The van der Waals surface area contributed by atoms with Crippen molar-refractivity contribution in [2.75, 3.05) is 6.61 Å². The Kier molecular flexibility index (Phi) is 2.28. The molecule has 0 aliphatic carbocycles. The molecule has 1 fully saturated rings. The summed E-state index contributed by atoms with van der Waals surface area (Å²) < 4.78 is 7.27. The molecule has 2 atom stereocenters. The van der Waals surface area contributed by atoms with E-state index in [4.69, 9.17) is 4.74 Å². The summed E-state index contributed by atoms with van der Waals surface area (Å²) in [6, 6.07) is 0. The summed E-state index contributed by atoms with van der Waals surface area (Å²) in [7, 11) is 1.82. The van der Waals surface area contributed by atoms with Crippen LogP contribution in [0.25, 0.3) is 0 Å². The molecule has 0 bridgehead atoms. The Bertz CT molecular complexity index is 318. The number of aromatic nitrogens is 3. The summed E-state index contributed by atoms with van der Waals surface area (Å²) in [6.07, 6.45) is 2.74. The monoisotopic (exact) mass is 197 g/mol. The summed E-state index contributed by atoms with van der Waals surface area (Å²) in [5.41, 5.74) is -0.499. The molecule has 1 saturated heterocycles. The molecular weight excluding hydrogens is 182 g/mol. The Labute approximate surface area is 82.7 Å². The van der Waals surface area contributed by atoms with E-state index in [1.165, 1.54) is 0 Å². The largest absolute Gasteiger partial charge is 0.382 e. The molecular formula is C9H15N3O2. The Hall–Kier alpha value is -0.940. The van der Waals surface area contributed by atoms with E-state index in [0.29, 0.717) is 12.4 Å². The summed E-state index contributed by atoms with van der Waals surface area (Å²) >= 11 is 0. The van der Waals surface area contributed by atoms with Gasteiger partial charge in [0.15, 0.2) is 5.82 Å². The number of hydrogen-bond donors (Lipinski definition) is 1. The van der Waals surface area contributed by atoms with Gasteiger partial charge in [-0.1, -0.05) is 0 Å². The van der Waals surface area contributed by atoms with Crippen molar-refractivity contribution < 1.29 is 9.84 Å². The summed E-state index contributed by atoms with van der Waals surface area (Å²) in [5.74, 6) is 0.564. The van der Waals surface area contributed by atoms with E-state index in [1.54, 1.807) is 10.9 Å². The van der Waals surface area contributed by atoms with E-state index in [2.05, 4.69) is 10.2 Å². The van der Waals surface area contributed by atoms with Crippen molar-refractivity contribution in [3.8, 4) is 0 Å². The van der Waals surface area contributed by atoms with Crippen LogP contribution in [-0.4, -0.2) is 32.1 Å². The fourth-order valence-electron chi connectivity index (χ4n) is 1.83. The third-order valence-electron chi connectivity index (χ3n) is 2.82. The zero-order chi connectivity index (χ0) is 10.2. The van der Waals surface area contributed by atoms with Gasteiger partial charge in [0.05, 0.1) is 5.60 Å². The molecule has 5 nitrogen and oxygen atoms in total. The SMILES string of the molecule is Cn1cnnc1C(O)C1(C)CCCO1. The lowest BCUT2D eigenvalue weighted by Crippen LogP contribution is -2.33. The van der Waals surface area contributed by atoms with Crippen LogP contribution < -0.4 is 0 Å². The number of hydrogen-bond acceptors (Lipinski definition) is 4. The second-order valence-electron chi connectivity index (χ2n) is 3.97. The molecule has 5 heteroatoms. The van der Waals surface area contributed by atoms with E-state index in [1.807, 2.05) is 14.0 Å². The molecule has 1 N–H and O–H groups in total. The van der Waals surface area contributed by atoms with Gasteiger partial charge < -0.3 is 14.4 Å². The highest BCUT2D eigenvalue weighted by atomic mass is 16.5. The maximum atomic E-state index is 10.1. The molecule has 0 saturated carbocycles. The molecule has 1 aliphatic rings. The molecule has 0 aromatic carbocycles. The highest BCUT2D eigenvalue weighted by Crippen LogP contribution is 2.36. The number of nitrogens with zero attached hydrogens (tertiary/aromatic N) is 3. The van der Waals surface area contributed by atoms with Gasteiger partial charge in [-0.25, -0.2) is 0 Å². The summed E-state index contributed by atoms with van der Waals surface area (Å²) in [4.78, 5) is 0. The lowest BCUT2D eigenvalue weighted by molar-refractivity contribution is -0.0842. The van der Waals surface area contributed by atoms with E-state index < -0.39 is 11.7 Å². The van der Waals surface area contributed by atoms with Crippen LogP contribution in [0.4, 0.5) is 0 Å². The molecule has 1 aromatic rings. The fourth-order valence-corrected chi connectivity index (χ4v) is 1.83. The van der Waals surface area contributed by atoms with Gasteiger partial charge in [-0.2, -0.15) is 0 Å². The summed E-state index contributed by atoms with van der Waals surface area (Å²) in [5, 5.41) is 17.7. The van der Waals surface area contributed by atoms with Crippen molar-refractivity contribution in [1.29, 1.82) is 0 Å². The van der Waals surface area contributed by atoms with Gasteiger partial charge in [0, 0.05) is 13.7 Å². The van der Waals surface area contributed by atoms with Crippen molar-refractivity contribution in [3.05, 3.63) is 12.2 Å². The van der Waals surface area contributed by atoms with E-state index >= 15 is 0 Å². The van der Waals surface area contributed by atoms with Gasteiger partial charge in [0.2, 0.25) is 0 Å². The first-order chi connectivity index (χ1) is 6.63. The molecule has 1 aromatic heterocycles. The molecule has 0 radical (unpaired) electrons. The van der Waals surface area contributed by atoms with E-state index in [0.717, 1.165) is 12.8 Å². The zero-order valence-electron chi connectivity index (χ0n) is 8.47. The van der Waals surface area contributed by atoms with Crippen molar-refractivity contribution >= 4 is 0 Å². The van der Waals surface area contributed by atoms with Crippen molar-refractivity contribution in [1.82, 2.24) is 14.8 Å². The van der Waals surface area contributed by atoms with Crippen LogP contribution >= 0.6 is 0 Å². The van der Waals surface area contributed by atoms with Crippen LogP contribution in [0, 0.1) is 0 Å². The third kappa shape index (κ3) is 1.42. The van der Waals surface area contributed by atoms with Gasteiger partial charge in [0.1, 0.15) is 12.4 Å². The van der Waals surface area contributed by atoms with Crippen LogP contribution in [0.1, 0.15) is 31.7 Å². The van der Waals surface area contributed by atoms with Gasteiger partial charge in [0.25, 0.3) is 0 Å². The molecule has 1 aliphatic heterocycles. The number of aliphatic hydroxyl groups excluding tert-OH is 1. The Balaban J connectivity index is 2.23. The minimum absolute atomic E-state index is 0.499. The molecule has 2 unspecified atom stereocenters. The molecule has 2 heterocycles. The van der Waals surface area contributed by atoms with Gasteiger partial charge in [-0.3, -0.25) is 0 Å². The predicted octanol–water partition coefficient (Wildman–Crippen LogP) is 0.418.